The van der Waals surface area contributed by atoms with Crippen LogP contribution < -0.4 is 0 Å². The third kappa shape index (κ3) is 6.63. The van der Waals surface area contributed by atoms with Crippen LogP contribution in [0, 0.1) is 11.2 Å². The van der Waals surface area contributed by atoms with E-state index in [1.54, 1.807) is 30.8 Å². The van der Waals surface area contributed by atoms with E-state index in [-0.39, 0.29) is 0 Å². The summed E-state index contributed by atoms with van der Waals surface area (Å²) in [6.07, 6.45) is 6.56. The van der Waals surface area contributed by atoms with Gasteiger partial charge in [0.15, 0.2) is 0 Å². The molecule has 0 spiro atoms. The van der Waals surface area contributed by atoms with Crippen LogP contribution in [0.3, 0.4) is 0 Å². The number of aromatic nitrogens is 2. The van der Waals surface area contributed by atoms with Crippen molar-refractivity contribution in [2.24, 2.45) is 0 Å². The largest absolute Gasteiger partial charge is 0.262 e. The van der Waals surface area contributed by atoms with Crippen molar-refractivity contribution in [1.82, 2.24) is 9.97 Å². The van der Waals surface area contributed by atoms with Crippen LogP contribution in [0.5, 0.6) is 0 Å². The molecule has 3 nitrogen and oxygen atoms in total. The van der Waals surface area contributed by atoms with Crippen LogP contribution in [0.4, 0.5) is 0 Å². The first-order valence-corrected chi connectivity index (χ1v) is 2.42. The second-order valence-corrected chi connectivity index (χ2v) is 1.12. The topological polar surface area (TPSA) is 49.6 Å². The van der Waals surface area contributed by atoms with Crippen molar-refractivity contribution in [3.63, 3.8) is 0 Å². The Morgan fingerprint density at radius 1 is 1.11 bits per heavy atom. The zero-order chi connectivity index (χ0) is 6.95. The molecule has 0 aliphatic rings. The first-order valence-electron chi connectivity index (χ1n) is 2.42. The van der Waals surface area contributed by atoms with Crippen LogP contribution in [-0.2, 0) is 0 Å². The molecule has 1 aromatic rings. The number of nitrogens with zero attached hydrogens (tertiary/aromatic N) is 3. The SMILES string of the molecule is BC#N.c1cnccn1. The Hall–Kier alpha value is -1.37. The van der Waals surface area contributed by atoms with Crippen LogP contribution >= 0.6 is 0 Å². The van der Waals surface area contributed by atoms with E-state index in [2.05, 4.69) is 9.97 Å². The standard InChI is InChI=1S/C4H4N2.CH2BN/c1-2-6-4-3-5-1;2-1-3/h1-4H;2H2. The van der Waals surface area contributed by atoms with Gasteiger partial charge in [0, 0.05) is 24.8 Å². The van der Waals surface area contributed by atoms with Gasteiger partial charge in [0.25, 0.3) is 0 Å². The van der Waals surface area contributed by atoms with Gasteiger partial charge in [-0.3, -0.25) is 9.97 Å². The molecular weight excluding hydrogens is 113 g/mol. The minimum absolute atomic E-state index is 1.43. The van der Waals surface area contributed by atoms with Crippen molar-refractivity contribution in [2.75, 3.05) is 0 Å². The van der Waals surface area contributed by atoms with E-state index >= 15 is 0 Å². The molecule has 0 atom stereocenters. The molecule has 1 rings (SSSR count). The fourth-order valence-corrected chi connectivity index (χ4v) is 0.253. The molecule has 0 unspecified atom stereocenters. The Bertz CT molecular complexity index is 143. The van der Waals surface area contributed by atoms with E-state index in [4.69, 9.17) is 5.26 Å². The number of hydrogen-bond acceptors (Lipinski definition) is 3. The number of nitriles is 1. The lowest BCUT2D eigenvalue weighted by atomic mass is 10.2. The summed E-state index contributed by atoms with van der Waals surface area (Å²) in [5.74, 6) is 1.75. The third-order valence-corrected chi connectivity index (χ3v) is 0.478. The summed E-state index contributed by atoms with van der Waals surface area (Å²) in [4.78, 5) is 7.44. The van der Waals surface area contributed by atoms with Crippen LogP contribution in [0.2, 0.25) is 0 Å². The molecule has 0 aliphatic carbocycles. The normalized spacial score (nSPS) is 6.11. The predicted octanol–water partition coefficient (Wildman–Crippen LogP) is -0.423. The molecule has 44 valence electrons. The molecule has 1 heterocycles. The summed E-state index contributed by atoms with van der Waals surface area (Å²) in [6, 6.07) is 0. The van der Waals surface area contributed by atoms with Gasteiger partial charge in [0.05, 0.1) is 0 Å². The van der Waals surface area contributed by atoms with Gasteiger partial charge in [-0.15, -0.1) is 0 Å². The van der Waals surface area contributed by atoms with Gasteiger partial charge < -0.3 is 0 Å². The first kappa shape index (κ1) is 7.63. The molecular formula is C5H6BN3. The molecule has 9 heavy (non-hydrogen) atoms. The van der Waals surface area contributed by atoms with Crippen LogP contribution in [-0.4, -0.2) is 17.8 Å². The number of hydrogen-bond donors (Lipinski definition) is 0. The lowest BCUT2D eigenvalue weighted by molar-refractivity contribution is 1.20. The Morgan fingerprint density at radius 3 is 1.44 bits per heavy atom. The predicted molar refractivity (Wildman–Crippen MR) is 36.2 cm³/mol. The van der Waals surface area contributed by atoms with Gasteiger partial charge in [0.2, 0.25) is 7.85 Å². The lowest BCUT2D eigenvalue weighted by Gasteiger charge is -1.70. The van der Waals surface area contributed by atoms with Gasteiger partial charge in [-0.05, 0) is 5.97 Å². The Balaban J connectivity index is 0.000000187. The lowest BCUT2D eigenvalue weighted by Crippen LogP contribution is -1.66. The summed E-state index contributed by atoms with van der Waals surface area (Å²) >= 11 is 0. The maximum atomic E-state index is 7.32. The van der Waals surface area contributed by atoms with Crippen LogP contribution in [0.15, 0.2) is 24.8 Å². The Kier molecular flexibility index (Phi) is 5.63. The average Bonchev–Trinajstić information content (AvgIpc) is 1.93. The zero-order valence-electron chi connectivity index (χ0n) is 5.15. The summed E-state index contributed by atoms with van der Waals surface area (Å²) < 4.78 is 0. The molecule has 0 N–H and O–H groups in total. The number of rotatable bonds is 0. The van der Waals surface area contributed by atoms with Crippen molar-refractivity contribution >= 4 is 7.85 Å². The van der Waals surface area contributed by atoms with E-state index in [0.29, 0.717) is 0 Å². The highest BCUT2D eigenvalue weighted by Gasteiger charge is 1.59. The fourth-order valence-electron chi connectivity index (χ4n) is 0.253. The van der Waals surface area contributed by atoms with E-state index in [1.807, 2.05) is 0 Å². The first-order chi connectivity index (χ1) is 4.41. The van der Waals surface area contributed by atoms with Crippen molar-refractivity contribution < 1.29 is 0 Å². The van der Waals surface area contributed by atoms with E-state index in [0.717, 1.165) is 0 Å². The molecule has 0 saturated carbocycles. The van der Waals surface area contributed by atoms with Gasteiger partial charge >= 0.3 is 0 Å². The van der Waals surface area contributed by atoms with Gasteiger partial charge in [-0.1, -0.05) is 0 Å². The fraction of sp³-hybridized carbons (Fsp3) is 0. The van der Waals surface area contributed by atoms with Crippen molar-refractivity contribution in [3.05, 3.63) is 24.8 Å². The highest BCUT2D eigenvalue weighted by atomic mass is 14.7. The molecule has 0 radical (unpaired) electrons. The highest BCUT2D eigenvalue weighted by Crippen LogP contribution is 1.65. The second-order valence-electron chi connectivity index (χ2n) is 1.12. The molecule has 0 bridgehead atoms. The van der Waals surface area contributed by atoms with Crippen LogP contribution in [0.25, 0.3) is 0 Å². The van der Waals surface area contributed by atoms with E-state index in [1.165, 1.54) is 7.85 Å². The van der Waals surface area contributed by atoms with Crippen LogP contribution in [0.1, 0.15) is 0 Å². The molecule has 0 aliphatic heterocycles. The Labute approximate surface area is 54.8 Å². The summed E-state index contributed by atoms with van der Waals surface area (Å²) in [6.45, 7) is 0. The smallest absolute Gasteiger partial charge is 0.232 e. The molecule has 0 aromatic carbocycles. The van der Waals surface area contributed by atoms with Gasteiger partial charge in [-0.25, -0.2) is 5.26 Å². The minimum atomic E-state index is 1.43. The molecule has 4 heteroatoms. The van der Waals surface area contributed by atoms with Crippen molar-refractivity contribution in [3.8, 4) is 5.97 Å². The van der Waals surface area contributed by atoms with Gasteiger partial charge in [-0.2, -0.15) is 0 Å². The molecule has 0 fully saturated rings. The zero-order valence-corrected chi connectivity index (χ0v) is 5.15. The highest BCUT2D eigenvalue weighted by molar-refractivity contribution is 6.20. The van der Waals surface area contributed by atoms with E-state index in [9.17, 15) is 0 Å². The second kappa shape index (κ2) is 6.63. The van der Waals surface area contributed by atoms with Crippen molar-refractivity contribution in [2.45, 2.75) is 0 Å². The summed E-state index contributed by atoms with van der Waals surface area (Å²) in [7, 11) is 1.43. The van der Waals surface area contributed by atoms with Crippen molar-refractivity contribution in [1.29, 1.82) is 5.26 Å². The quantitative estimate of drug-likeness (QED) is 0.435. The minimum Gasteiger partial charge on any atom is -0.262 e. The van der Waals surface area contributed by atoms with E-state index < -0.39 is 0 Å². The van der Waals surface area contributed by atoms with Gasteiger partial charge in [0.1, 0.15) is 0 Å². The molecule has 0 amide bonds. The summed E-state index contributed by atoms with van der Waals surface area (Å²) in [5.41, 5.74) is 0. The maximum absolute atomic E-state index is 7.32. The third-order valence-electron chi connectivity index (χ3n) is 0.478. The average molecular weight is 119 g/mol. The summed E-state index contributed by atoms with van der Waals surface area (Å²) in [5, 5.41) is 7.32. The Morgan fingerprint density at radius 2 is 1.33 bits per heavy atom. The monoisotopic (exact) mass is 119 g/mol. The maximum Gasteiger partial charge on any atom is 0.232 e. The molecule has 1 aromatic heterocycles. The molecule has 0 saturated heterocycles.